The number of hydrogen-bond donors (Lipinski definition) is 1. The van der Waals surface area contributed by atoms with E-state index in [0.717, 1.165) is 40.6 Å². The zero-order valence-corrected chi connectivity index (χ0v) is 20.3. The molecule has 0 saturated carbocycles. The number of rotatable bonds is 16. The van der Waals surface area contributed by atoms with Crippen LogP contribution >= 0.6 is 0 Å². The maximum atomic E-state index is 11.1. The van der Waals surface area contributed by atoms with Crippen LogP contribution in [0, 0.1) is 0 Å². The van der Waals surface area contributed by atoms with Crippen molar-refractivity contribution in [2.45, 2.75) is 77.7 Å². The minimum absolute atomic E-state index is 0.0804. The fourth-order valence-electron chi connectivity index (χ4n) is 3.99. The molecule has 0 atom stereocenters. The van der Waals surface area contributed by atoms with E-state index in [0.29, 0.717) is 25.4 Å². The summed E-state index contributed by atoms with van der Waals surface area (Å²) in [6.45, 7) is 3.28. The van der Waals surface area contributed by atoms with Crippen LogP contribution in [0.15, 0.2) is 54.7 Å². The summed E-state index contributed by atoms with van der Waals surface area (Å²) in [6, 6.07) is 15.8. The van der Waals surface area contributed by atoms with Crippen LogP contribution in [0.3, 0.4) is 0 Å². The molecule has 0 aliphatic rings. The third kappa shape index (κ3) is 8.69. The number of hydrogen-bond acceptors (Lipinski definition) is 4. The maximum absolute atomic E-state index is 11.1. The van der Waals surface area contributed by atoms with Gasteiger partial charge in [-0.1, -0.05) is 76.1 Å². The van der Waals surface area contributed by atoms with E-state index in [-0.39, 0.29) is 6.42 Å². The van der Waals surface area contributed by atoms with Crippen LogP contribution in [0.5, 0.6) is 11.5 Å². The molecule has 0 spiro atoms. The van der Waals surface area contributed by atoms with E-state index in [9.17, 15) is 4.79 Å². The molecule has 2 aromatic carbocycles. The third-order valence-corrected chi connectivity index (χ3v) is 5.95. The molecule has 0 bridgehead atoms. The number of nitrogens with zero attached hydrogens (tertiary/aromatic N) is 1. The summed E-state index contributed by atoms with van der Waals surface area (Å²) in [5.41, 5.74) is 2.86. The zero-order valence-electron chi connectivity index (χ0n) is 20.3. The number of fused-ring (bicyclic) bond motifs is 1. The summed E-state index contributed by atoms with van der Waals surface area (Å²) in [5, 5.41) is 10.2. The van der Waals surface area contributed by atoms with Crippen molar-refractivity contribution in [3.05, 3.63) is 65.9 Å². The van der Waals surface area contributed by atoms with Gasteiger partial charge in [-0.25, -0.2) is 0 Å². The number of aliphatic carboxylic acids is 1. The number of carboxylic acid groups (broad SMARTS) is 1. The van der Waals surface area contributed by atoms with Crippen molar-refractivity contribution in [3.8, 4) is 11.5 Å². The second-order valence-corrected chi connectivity index (χ2v) is 8.81. The lowest BCUT2D eigenvalue weighted by atomic mass is 10.1. The van der Waals surface area contributed by atoms with Crippen LogP contribution < -0.4 is 9.47 Å². The van der Waals surface area contributed by atoms with Crippen LogP contribution in [0.4, 0.5) is 0 Å². The quantitative estimate of drug-likeness (QED) is 0.225. The average molecular weight is 464 g/mol. The topological polar surface area (TPSA) is 68.7 Å². The second kappa shape index (κ2) is 14.2. The number of benzene rings is 2. The average Bonchev–Trinajstić information content (AvgIpc) is 2.85. The van der Waals surface area contributed by atoms with Crippen molar-refractivity contribution in [2.24, 2.45) is 0 Å². The van der Waals surface area contributed by atoms with Crippen LogP contribution in [-0.2, 0) is 17.8 Å². The van der Waals surface area contributed by atoms with Crippen LogP contribution in [0.2, 0.25) is 0 Å². The first kappa shape index (κ1) is 25.5. The lowest BCUT2D eigenvalue weighted by molar-refractivity contribution is -0.136. The Morgan fingerprint density at radius 3 is 2.47 bits per heavy atom. The highest BCUT2D eigenvalue weighted by Crippen LogP contribution is 2.27. The Hall–Kier alpha value is -3.08. The monoisotopic (exact) mass is 463 g/mol. The Kier molecular flexibility index (Phi) is 10.7. The summed E-state index contributed by atoms with van der Waals surface area (Å²) in [6.07, 6.45) is 12.3. The van der Waals surface area contributed by atoms with Crippen LogP contribution in [-0.4, -0.2) is 22.7 Å². The lowest BCUT2D eigenvalue weighted by Crippen LogP contribution is -2.04. The molecule has 1 heterocycles. The molecular formula is C29H37NO4. The Balaban J connectivity index is 1.54. The predicted molar refractivity (Wildman–Crippen MR) is 137 cm³/mol. The lowest BCUT2D eigenvalue weighted by Gasteiger charge is -2.14. The van der Waals surface area contributed by atoms with Crippen molar-refractivity contribution in [3.63, 3.8) is 0 Å². The first-order valence-electron chi connectivity index (χ1n) is 12.6. The fraction of sp³-hybridized carbons (Fsp3) is 0.448. The molecule has 0 aliphatic carbocycles. The van der Waals surface area contributed by atoms with Gasteiger partial charge in [-0.15, -0.1) is 0 Å². The Bertz CT molecular complexity index is 1030. The van der Waals surface area contributed by atoms with E-state index in [1.165, 1.54) is 38.5 Å². The molecule has 1 aromatic heterocycles. The van der Waals surface area contributed by atoms with Gasteiger partial charge in [-0.05, 0) is 36.6 Å². The van der Waals surface area contributed by atoms with E-state index in [4.69, 9.17) is 14.6 Å². The molecule has 3 rings (SSSR count). The second-order valence-electron chi connectivity index (χ2n) is 8.81. The number of aromatic nitrogens is 1. The summed E-state index contributed by atoms with van der Waals surface area (Å²) < 4.78 is 12.1. The predicted octanol–water partition coefficient (Wildman–Crippen LogP) is 7.35. The van der Waals surface area contributed by atoms with Gasteiger partial charge in [0, 0.05) is 29.6 Å². The van der Waals surface area contributed by atoms with E-state index in [1.807, 2.05) is 48.7 Å². The van der Waals surface area contributed by atoms with Crippen molar-refractivity contribution < 1.29 is 19.4 Å². The smallest absolute Gasteiger partial charge is 0.303 e. The number of ether oxygens (including phenoxy) is 2. The van der Waals surface area contributed by atoms with Crippen LogP contribution in [0.1, 0.15) is 75.8 Å². The van der Waals surface area contributed by atoms with Crippen molar-refractivity contribution >= 4 is 16.9 Å². The number of carbonyl (C=O) groups is 1. The molecule has 5 heteroatoms. The highest BCUT2D eigenvalue weighted by molar-refractivity contribution is 5.78. The van der Waals surface area contributed by atoms with Crippen molar-refractivity contribution in [1.82, 2.24) is 4.98 Å². The zero-order chi connectivity index (χ0) is 24.0. The summed E-state index contributed by atoms with van der Waals surface area (Å²) in [4.78, 5) is 15.5. The Morgan fingerprint density at radius 1 is 0.912 bits per heavy atom. The van der Waals surface area contributed by atoms with Gasteiger partial charge in [0.25, 0.3) is 0 Å². The minimum atomic E-state index is -0.807. The number of pyridine rings is 1. The number of para-hydroxylation sites is 1. The van der Waals surface area contributed by atoms with Gasteiger partial charge >= 0.3 is 5.97 Å². The van der Waals surface area contributed by atoms with Crippen molar-refractivity contribution in [2.75, 3.05) is 6.61 Å². The summed E-state index contributed by atoms with van der Waals surface area (Å²) in [5.74, 6) is 0.620. The van der Waals surface area contributed by atoms with E-state index in [2.05, 4.69) is 18.0 Å². The molecule has 5 nitrogen and oxygen atoms in total. The minimum Gasteiger partial charge on any atom is -0.493 e. The third-order valence-electron chi connectivity index (χ3n) is 5.95. The molecule has 3 aromatic rings. The molecule has 0 aliphatic heterocycles. The van der Waals surface area contributed by atoms with Gasteiger partial charge in [0.1, 0.15) is 18.1 Å². The molecule has 0 unspecified atom stereocenters. The molecule has 0 saturated heterocycles. The highest BCUT2D eigenvalue weighted by Gasteiger charge is 2.09. The fourth-order valence-corrected chi connectivity index (χ4v) is 3.99. The molecule has 34 heavy (non-hydrogen) atoms. The molecule has 0 fully saturated rings. The van der Waals surface area contributed by atoms with E-state index >= 15 is 0 Å². The van der Waals surface area contributed by atoms with E-state index < -0.39 is 5.97 Å². The van der Waals surface area contributed by atoms with Gasteiger partial charge in [-0.2, -0.15) is 0 Å². The van der Waals surface area contributed by atoms with Gasteiger partial charge in [0.2, 0.25) is 0 Å². The molecule has 182 valence electrons. The van der Waals surface area contributed by atoms with Gasteiger partial charge in [0.15, 0.2) is 0 Å². The van der Waals surface area contributed by atoms with Gasteiger partial charge < -0.3 is 14.6 Å². The van der Waals surface area contributed by atoms with E-state index in [1.54, 1.807) is 0 Å². The first-order valence-corrected chi connectivity index (χ1v) is 12.6. The Morgan fingerprint density at radius 2 is 1.68 bits per heavy atom. The van der Waals surface area contributed by atoms with Crippen LogP contribution in [0.25, 0.3) is 10.9 Å². The maximum Gasteiger partial charge on any atom is 0.303 e. The summed E-state index contributed by atoms with van der Waals surface area (Å²) >= 11 is 0. The number of carboxylic acids is 1. The number of aryl methyl sites for hydroxylation is 1. The largest absolute Gasteiger partial charge is 0.493 e. The molecule has 0 radical (unpaired) electrons. The highest BCUT2D eigenvalue weighted by atomic mass is 16.5. The Labute approximate surface area is 203 Å². The molecule has 0 amide bonds. The summed E-state index contributed by atoms with van der Waals surface area (Å²) in [7, 11) is 0. The van der Waals surface area contributed by atoms with Crippen molar-refractivity contribution in [1.29, 1.82) is 0 Å². The SMILES string of the molecule is CCCCCCCCCCOc1cc(OCc2cnc3ccccc3c2)ccc1CCC(=O)O. The number of unbranched alkanes of at least 4 members (excludes halogenated alkanes) is 7. The van der Waals surface area contributed by atoms with Gasteiger partial charge in [-0.3, -0.25) is 9.78 Å². The molecule has 1 N–H and O–H groups in total. The molecular weight excluding hydrogens is 426 g/mol. The first-order chi connectivity index (χ1) is 16.7. The van der Waals surface area contributed by atoms with Gasteiger partial charge in [0.05, 0.1) is 12.1 Å². The standard InChI is InChI=1S/C29H37NO4/c1-2-3-4-5-6-7-8-11-18-33-28-20-26(16-14-24(28)15-17-29(31)32)34-22-23-19-25-12-9-10-13-27(25)30-21-23/h9-10,12-14,16,19-21H,2-8,11,15,17-18,22H2,1H3,(H,31,32). The normalized spacial score (nSPS) is 11.0.